The standard InChI is InChI=1S/C16H14N2O2S/c1-20-16(19)14-13(17)11-6-10-5-8-3-2-4-9(8)7-12(10)18-15(11)21-14/h5-7H,2-4,17H2,1H3. The molecule has 3 aromatic rings. The number of nitrogens with two attached hydrogens (primary N) is 1. The second-order valence-electron chi connectivity index (χ2n) is 5.34. The van der Waals surface area contributed by atoms with E-state index in [-0.39, 0.29) is 0 Å². The van der Waals surface area contributed by atoms with Crippen molar-refractivity contribution in [3.63, 3.8) is 0 Å². The van der Waals surface area contributed by atoms with Crippen LogP contribution in [0.5, 0.6) is 0 Å². The molecule has 5 heteroatoms. The first-order valence-corrected chi connectivity index (χ1v) is 7.72. The molecule has 0 atom stereocenters. The van der Waals surface area contributed by atoms with Gasteiger partial charge in [-0.3, -0.25) is 0 Å². The number of hydrogen-bond acceptors (Lipinski definition) is 5. The van der Waals surface area contributed by atoms with E-state index in [0.717, 1.165) is 34.0 Å². The van der Waals surface area contributed by atoms with Gasteiger partial charge in [0.05, 0.1) is 18.3 Å². The van der Waals surface area contributed by atoms with Crippen LogP contribution in [0, 0.1) is 0 Å². The predicted molar refractivity (Wildman–Crippen MR) is 84.9 cm³/mol. The molecule has 4 rings (SSSR count). The third kappa shape index (κ3) is 1.81. The molecule has 1 aliphatic rings. The molecule has 2 aromatic heterocycles. The van der Waals surface area contributed by atoms with Crippen molar-refractivity contribution >= 4 is 44.1 Å². The summed E-state index contributed by atoms with van der Waals surface area (Å²) in [5.41, 5.74) is 10.3. The number of aryl methyl sites for hydroxylation is 2. The molecule has 0 spiro atoms. The number of rotatable bonds is 1. The average molecular weight is 298 g/mol. The molecule has 4 nitrogen and oxygen atoms in total. The van der Waals surface area contributed by atoms with Crippen LogP contribution in [0.4, 0.5) is 5.69 Å². The first-order valence-electron chi connectivity index (χ1n) is 6.90. The summed E-state index contributed by atoms with van der Waals surface area (Å²) in [5.74, 6) is -0.401. The van der Waals surface area contributed by atoms with E-state index < -0.39 is 5.97 Å². The molecule has 0 saturated carbocycles. The third-order valence-corrected chi connectivity index (χ3v) is 5.19. The number of anilines is 1. The summed E-state index contributed by atoms with van der Waals surface area (Å²) in [4.78, 5) is 17.6. The SMILES string of the molecule is COC(=O)c1sc2nc3cc4c(cc3cc2c1N)CCC4. The van der Waals surface area contributed by atoms with Crippen LogP contribution in [0.3, 0.4) is 0 Å². The van der Waals surface area contributed by atoms with Crippen molar-refractivity contribution in [3.8, 4) is 0 Å². The van der Waals surface area contributed by atoms with Gasteiger partial charge in [0.2, 0.25) is 0 Å². The maximum Gasteiger partial charge on any atom is 0.350 e. The fourth-order valence-corrected chi connectivity index (χ4v) is 4.02. The van der Waals surface area contributed by atoms with Gasteiger partial charge >= 0.3 is 5.97 Å². The maximum atomic E-state index is 11.7. The highest BCUT2D eigenvalue weighted by atomic mass is 32.1. The largest absolute Gasteiger partial charge is 0.465 e. The van der Waals surface area contributed by atoms with Crippen LogP contribution >= 0.6 is 11.3 Å². The Balaban J connectivity index is 2.01. The normalized spacial score (nSPS) is 13.8. The average Bonchev–Trinajstić information content (AvgIpc) is 3.06. The van der Waals surface area contributed by atoms with Gasteiger partial charge in [0.15, 0.2) is 0 Å². The summed E-state index contributed by atoms with van der Waals surface area (Å²) in [6.07, 6.45) is 3.48. The van der Waals surface area contributed by atoms with E-state index in [4.69, 9.17) is 10.5 Å². The van der Waals surface area contributed by atoms with Crippen LogP contribution in [0.2, 0.25) is 0 Å². The molecule has 0 radical (unpaired) electrons. The molecular weight excluding hydrogens is 284 g/mol. The molecule has 0 aliphatic heterocycles. The minimum atomic E-state index is -0.401. The number of esters is 1. The summed E-state index contributed by atoms with van der Waals surface area (Å²) in [6, 6.07) is 6.42. The van der Waals surface area contributed by atoms with Crippen molar-refractivity contribution in [2.24, 2.45) is 0 Å². The topological polar surface area (TPSA) is 65.2 Å². The van der Waals surface area contributed by atoms with Gasteiger partial charge in [-0.2, -0.15) is 0 Å². The molecule has 2 N–H and O–H groups in total. The molecule has 0 fully saturated rings. The second-order valence-corrected chi connectivity index (χ2v) is 6.34. The number of carbonyl (C=O) groups is 1. The fourth-order valence-electron chi connectivity index (χ4n) is 3.02. The minimum absolute atomic E-state index is 0.401. The van der Waals surface area contributed by atoms with Crippen LogP contribution < -0.4 is 5.73 Å². The number of pyridine rings is 1. The lowest BCUT2D eigenvalue weighted by atomic mass is 10.1. The molecule has 21 heavy (non-hydrogen) atoms. The van der Waals surface area contributed by atoms with E-state index in [0.29, 0.717) is 10.6 Å². The van der Waals surface area contributed by atoms with Crippen molar-refractivity contribution in [2.45, 2.75) is 19.3 Å². The molecule has 0 unspecified atom stereocenters. The van der Waals surface area contributed by atoms with Gasteiger partial charge in [0, 0.05) is 10.8 Å². The second kappa shape index (κ2) is 4.43. The predicted octanol–water partition coefficient (Wildman–Crippen LogP) is 3.31. The first-order chi connectivity index (χ1) is 10.2. The van der Waals surface area contributed by atoms with Crippen LogP contribution in [0.25, 0.3) is 21.1 Å². The number of fused-ring (bicyclic) bond motifs is 3. The van der Waals surface area contributed by atoms with Gasteiger partial charge in [-0.05, 0) is 48.6 Å². The quantitative estimate of drug-likeness (QED) is 0.700. The summed E-state index contributed by atoms with van der Waals surface area (Å²) in [5, 5.41) is 1.93. The highest BCUT2D eigenvalue weighted by molar-refractivity contribution is 7.21. The smallest absolute Gasteiger partial charge is 0.350 e. The zero-order valence-corrected chi connectivity index (χ0v) is 12.4. The molecule has 2 heterocycles. The zero-order valence-electron chi connectivity index (χ0n) is 11.6. The lowest BCUT2D eigenvalue weighted by Gasteiger charge is -2.03. The summed E-state index contributed by atoms with van der Waals surface area (Å²) in [7, 11) is 1.36. The Labute approximate surface area is 125 Å². The van der Waals surface area contributed by atoms with Crippen LogP contribution in [-0.4, -0.2) is 18.1 Å². The minimum Gasteiger partial charge on any atom is -0.465 e. The Hall–Kier alpha value is -2.14. The number of benzene rings is 1. The van der Waals surface area contributed by atoms with Gasteiger partial charge in [0.1, 0.15) is 9.71 Å². The number of carbonyl (C=O) groups excluding carboxylic acids is 1. The van der Waals surface area contributed by atoms with Gasteiger partial charge in [-0.1, -0.05) is 0 Å². The van der Waals surface area contributed by atoms with Gasteiger partial charge in [-0.25, -0.2) is 9.78 Å². The van der Waals surface area contributed by atoms with Crippen LogP contribution in [-0.2, 0) is 17.6 Å². The lowest BCUT2D eigenvalue weighted by molar-refractivity contribution is 0.0607. The number of ether oxygens (including phenoxy) is 1. The number of aromatic nitrogens is 1. The summed E-state index contributed by atoms with van der Waals surface area (Å²) in [6.45, 7) is 0. The summed E-state index contributed by atoms with van der Waals surface area (Å²) >= 11 is 1.29. The van der Waals surface area contributed by atoms with Crippen molar-refractivity contribution in [3.05, 3.63) is 34.2 Å². The van der Waals surface area contributed by atoms with E-state index in [1.165, 1.54) is 36.0 Å². The van der Waals surface area contributed by atoms with Crippen molar-refractivity contribution < 1.29 is 9.53 Å². The number of thiophene rings is 1. The number of hydrogen-bond donors (Lipinski definition) is 1. The van der Waals surface area contributed by atoms with E-state index in [9.17, 15) is 4.79 Å². The van der Waals surface area contributed by atoms with E-state index >= 15 is 0 Å². The monoisotopic (exact) mass is 298 g/mol. The number of nitrogen functional groups attached to an aromatic ring is 1. The number of methoxy groups -OCH3 is 1. The molecule has 0 bridgehead atoms. The van der Waals surface area contributed by atoms with Crippen LogP contribution in [0.15, 0.2) is 18.2 Å². The zero-order chi connectivity index (χ0) is 14.6. The molecular formula is C16H14N2O2S. The van der Waals surface area contributed by atoms with Crippen molar-refractivity contribution in [1.29, 1.82) is 0 Å². The van der Waals surface area contributed by atoms with E-state index in [1.807, 2.05) is 6.07 Å². The van der Waals surface area contributed by atoms with Gasteiger partial charge in [0.25, 0.3) is 0 Å². The molecule has 106 valence electrons. The molecule has 0 saturated heterocycles. The van der Waals surface area contributed by atoms with Crippen LogP contribution in [0.1, 0.15) is 27.2 Å². The lowest BCUT2D eigenvalue weighted by Crippen LogP contribution is -2.01. The van der Waals surface area contributed by atoms with E-state index in [2.05, 4.69) is 17.1 Å². The van der Waals surface area contributed by atoms with Crippen molar-refractivity contribution in [2.75, 3.05) is 12.8 Å². The Morgan fingerprint density at radius 2 is 2.05 bits per heavy atom. The first kappa shape index (κ1) is 12.6. The van der Waals surface area contributed by atoms with Gasteiger partial charge < -0.3 is 10.5 Å². The number of nitrogens with zero attached hydrogens (tertiary/aromatic N) is 1. The maximum absolute atomic E-state index is 11.7. The Morgan fingerprint density at radius 1 is 1.29 bits per heavy atom. The molecule has 0 amide bonds. The highest BCUT2D eigenvalue weighted by Crippen LogP contribution is 2.36. The Morgan fingerprint density at radius 3 is 2.81 bits per heavy atom. The Bertz CT molecular complexity index is 898. The molecule has 1 aliphatic carbocycles. The summed E-state index contributed by atoms with van der Waals surface area (Å²) < 4.78 is 4.77. The van der Waals surface area contributed by atoms with E-state index in [1.54, 1.807) is 0 Å². The third-order valence-electron chi connectivity index (χ3n) is 4.10. The molecule has 1 aromatic carbocycles. The van der Waals surface area contributed by atoms with Gasteiger partial charge in [-0.15, -0.1) is 11.3 Å². The Kier molecular flexibility index (Phi) is 2.65. The fraction of sp³-hybridized carbons (Fsp3) is 0.250. The van der Waals surface area contributed by atoms with Crippen molar-refractivity contribution in [1.82, 2.24) is 4.98 Å². The highest BCUT2D eigenvalue weighted by Gasteiger charge is 2.19.